The topological polar surface area (TPSA) is 55.7 Å². The Hall–Kier alpha value is -1.79. The molecule has 0 saturated carbocycles. The molecular formula is C18H22N4OS. The van der Waals surface area contributed by atoms with Crippen LogP contribution in [0.5, 0.6) is 0 Å². The second-order valence-corrected chi connectivity index (χ2v) is 7.24. The highest BCUT2D eigenvalue weighted by molar-refractivity contribution is 7.98. The lowest BCUT2D eigenvalue weighted by Gasteiger charge is -2.14. The first kappa shape index (κ1) is 15.7. The van der Waals surface area contributed by atoms with Crippen LogP contribution in [0.25, 0.3) is 11.0 Å². The van der Waals surface area contributed by atoms with Crippen LogP contribution in [0.4, 0.5) is 0 Å². The fourth-order valence-electron chi connectivity index (χ4n) is 3.15. The van der Waals surface area contributed by atoms with E-state index in [1.54, 1.807) is 11.8 Å². The molecule has 3 heterocycles. The smallest absolute Gasteiger partial charge is 0.168 e. The number of para-hydroxylation sites is 2. The molecule has 1 N–H and O–H groups in total. The number of thioether (sulfide) groups is 1. The van der Waals surface area contributed by atoms with Gasteiger partial charge in [-0.15, -0.1) is 0 Å². The van der Waals surface area contributed by atoms with Crippen LogP contribution in [-0.2, 0) is 17.0 Å². The van der Waals surface area contributed by atoms with E-state index in [0.717, 1.165) is 53.0 Å². The Morgan fingerprint density at radius 2 is 2.17 bits per heavy atom. The van der Waals surface area contributed by atoms with Crippen molar-refractivity contribution in [3.05, 3.63) is 41.5 Å². The summed E-state index contributed by atoms with van der Waals surface area (Å²) in [5, 5.41) is 1.06. The second kappa shape index (κ2) is 6.61. The summed E-state index contributed by atoms with van der Waals surface area (Å²) in [6, 6.07) is 8.13. The Morgan fingerprint density at radius 1 is 1.29 bits per heavy atom. The molecule has 1 aliphatic heterocycles. The Bertz CT molecular complexity index is 815. The van der Waals surface area contributed by atoms with Gasteiger partial charge in [-0.2, -0.15) is 0 Å². The maximum atomic E-state index is 5.80. The second-order valence-electron chi connectivity index (χ2n) is 6.30. The van der Waals surface area contributed by atoms with Crippen molar-refractivity contribution in [2.75, 3.05) is 6.61 Å². The molecule has 1 aliphatic rings. The molecule has 24 heavy (non-hydrogen) atoms. The maximum absolute atomic E-state index is 5.80. The summed E-state index contributed by atoms with van der Waals surface area (Å²) < 4.78 is 8.11. The van der Waals surface area contributed by atoms with Gasteiger partial charge in [-0.25, -0.2) is 9.97 Å². The average molecular weight is 342 g/mol. The third kappa shape index (κ3) is 3.08. The van der Waals surface area contributed by atoms with Gasteiger partial charge in [0.15, 0.2) is 5.16 Å². The van der Waals surface area contributed by atoms with Gasteiger partial charge in [0.05, 0.1) is 35.1 Å². The summed E-state index contributed by atoms with van der Waals surface area (Å²) in [4.78, 5) is 12.8. The van der Waals surface area contributed by atoms with Crippen molar-refractivity contribution in [1.82, 2.24) is 19.5 Å². The summed E-state index contributed by atoms with van der Waals surface area (Å²) in [6.07, 6.45) is 2.63. The van der Waals surface area contributed by atoms with Crippen LogP contribution in [0, 0.1) is 13.8 Å². The molecular weight excluding hydrogens is 320 g/mol. The molecule has 2 aromatic heterocycles. The molecule has 1 atom stereocenters. The summed E-state index contributed by atoms with van der Waals surface area (Å²) >= 11 is 1.74. The van der Waals surface area contributed by atoms with Crippen molar-refractivity contribution < 1.29 is 4.74 Å². The fourth-order valence-corrected chi connectivity index (χ4v) is 4.12. The van der Waals surface area contributed by atoms with Crippen molar-refractivity contribution in [2.45, 2.75) is 50.2 Å². The Kier molecular flexibility index (Phi) is 4.33. The first-order valence-electron chi connectivity index (χ1n) is 8.42. The number of aryl methyl sites for hydroxylation is 1. The lowest BCUT2D eigenvalue weighted by atomic mass is 10.2. The molecule has 1 aromatic carbocycles. The molecule has 5 nitrogen and oxygen atoms in total. The van der Waals surface area contributed by atoms with Gasteiger partial charge < -0.3 is 14.3 Å². The van der Waals surface area contributed by atoms with Crippen LogP contribution >= 0.6 is 11.8 Å². The number of fused-ring (bicyclic) bond motifs is 1. The normalized spacial score (nSPS) is 17.8. The largest absolute Gasteiger partial charge is 0.376 e. The first-order valence-corrected chi connectivity index (χ1v) is 9.41. The molecule has 0 spiro atoms. The molecule has 3 aromatic rings. The van der Waals surface area contributed by atoms with Gasteiger partial charge in [-0.1, -0.05) is 23.9 Å². The Balaban J connectivity index is 1.52. The number of hydrogen-bond acceptors (Lipinski definition) is 4. The zero-order valence-corrected chi connectivity index (χ0v) is 14.9. The van der Waals surface area contributed by atoms with Gasteiger partial charge in [0, 0.05) is 12.3 Å². The van der Waals surface area contributed by atoms with Crippen molar-refractivity contribution in [1.29, 1.82) is 0 Å². The van der Waals surface area contributed by atoms with Gasteiger partial charge in [-0.05, 0) is 38.8 Å². The number of nitrogens with zero attached hydrogens (tertiary/aromatic N) is 3. The number of benzene rings is 1. The first-order chi connectivity index (χ1) is 11.7. The number of hydrogen-bond donors (Lipinski definition) is 1. The van der Waals surface area contributed by atoms with Crippen LogP contribution in [-0.4, -0.2) is 32.2 Å². The molecule has 126 valence electrons. The maximum Gasteiger partial charge on any atom is 0.168 e. The quantitative estimate of drug-likeness (QED) is 0.716. The molecule has 4 rings (SSSR count). The molecule has 0 amide bonds. The predicted molar refractivity (Wildman–Crippen MR) is 96.3 cm³/mol. The highest BCUT2D eigenvalue weighted by Crippen LogP contribution is 2.26. The van der Waals surface area contributed by atoms with Crippen molar-refractivity contribution in [3.63, 3.8) is 0 Å². The minimum atomic E-state index is 0.322. The van der Waals surface area contributed by atoms with Crippen LogP contribution < -0.4 is 0 Å². The van der Waals surface area contributed by atoms with E-state index in [1.807, 2.05) is 18.2 Å². The van der Waals surface area contributed by atoms with Crippen molar-refractivity contribution in [2.24, 2.45) is 0 Å². The number of aromatic amines is 1. The van der Waals surface area contributed by atoms with Crippen LogP contribution in [0.15, 0.2) is 29.4 Å². The van der Waals surface area contributed by atoms with E-state index < -0.39 is 0 Å². The lowest BCUT2D eigenvalue weighted by Crippen LogP contribution is -2.16. The highest BCUT2D eigenvalue weighted by Gasteiger charge is 2.20. The van der Waals surface area contributed by atoms with Gasteiger partial charge in [-0.3, -0.25) is 0 Å². The summed E-state index contributed by atoms with van der Waals surface area (Å²) in [5.41, 5.74) is 4.43. The van der Waals surface area contributed by atoms with E-state index in [1.165, 1.54) is 12.1 Å². The van der Waals surface area contributed by atoms with Crippen molar-refractivity contribution >= 4 is 22.8 Å². The number of aromatic nitrogens is 4. The Labute approximate surface area is 145 Å². The van der Waals surface area contributed by atoms with Gasteiger partial charge >= 0.3 is 0 Å². The molecule has 1 saturated heterocycles. The van der Waals surface area contributed by atoms with E-state index >= 15 is 0 Å². The van der Waals surface area contributed by atoms with Crippen LogP contribution in [0.2, 0.25) is 0 Å². The zero-order valence-electron chi connectivity index (χ0n) is 14.1. The SMILES string of the molecule is Cc1nc(SCc2nc3ccccc3[nH]2)n(C[C@H]2CCCO2)c1C. The monoisotopic (exact) mass is 342 g/mol. The number of imidazole rings is 2. The van der Waals surface area contributed by atoms with Crippen molar-refractivity contribution in [3.8, 4) is 0 Å². The van der Waals surface area contributed by atoms with Crippen LogP contribution in [0.1, 0.15) is 30.1 Å². The number of H-pyrrole nitrogens is 1. The molecule has 0 radical (unpaired) electrons. The summed E-state index contributed by atoms with van der Waals surface area (Å²) in [7, 11) is 0. The van der Waals surface area contributed by atoms with Gasteiger partial charge in [0.25, 0.3) is 0 Å². The average Bonchev–Trinajstić information content (AvgIpc) is 3.29. The lowest BCUT2D eigenvalue weighted by molar-refractivity contribution is 0.0945. The Morgan fingerprint density at radius 3 is 2.96 bits per heavy atom. The summed E-state index contributed by atoms with van der Waals surface area (Å²) in [6.45, 7) is 6.00. The predicted octanol–water partition coefficient (Wildman–Crippen LogP) is 3.85. The van der Waals surface area contributed by atoms with E-state index in [0.29, 0.717) is 6.10 Å². The van der Waals surface area contributed by atoms with E-state index in [-0.39, 0.29) is 0 Å². The minimum Gasteiger partial charge on any atom is -0.376 e. The molecule has 1 fully saturated rings. The number of rotatable bonds is 5. The highest BCUT2D eigenvalue weighted by atomic mass is 32.2. The van der Waals surface area contributed by atoms with Crippen LogP contribution in [0.3, 0.4) is 0 Å². The standard InChI is InChI=1S/C18H22N4OS/c1-12-13(2)22(10-14-6-5-9-23-14)18(19-12)24-11-17-20-15-7-3-4-8-16(15)21-17/h3-4,7-8,14H,5-6,9-11H2,1-2H3,(H,20,21)/t14-/m1/s1. The molecule has 0 aliphatic carbocycles. The number of ether oxygens (including phenoxy) is 1. The summed E-state index contributed by atoms with van der Waals surface area (Å²) in [5.74, 6) is 1.78. The van der Waals surface area contributed by atoms with E-state index in [9.17, 15) is 0 Å². The number of nitrogens with one attached hydrogen (secondary N) is 1. The molecule has 6 heteroatoms. The minimum absolute atomic E-state index is 0.322. The zero-order chi connectivity index (χ0) is 16.5. The molecule has 0 unspecified atom stereocenters. The third-order valence-electron chi connectivity index (χ3n) is 4.61. The van der Waals surface area contributed by atoms with Gasteiger partial charge in [0.2, 0.25) is 0 Å². The van der Waals surface area contributed by atoms with E-state index in [4.69, 9.17) is 9.72 Å². The fraction of sp³-hybridized carbons (Fsp3) is 0.444. The molecule has 0 bridgehead atoms. The van der Waals surface area contributed by atoms with Gasteiger partial charge in [0.1, 0.15) is 5.82 Å². The van der Waals surface area contributed by atoms with E-state index in [2.05, 4.69) is 34.4 Å². The third-order valence-corrected chi connectivity index (χ3v) is 5.60.